The van der Waals surface area contributed by atoms with Crippen molar-refractivity contribution in [1.29, 1.82) is 0 Å². The quantitative estimate of drug-likeness (QED) is 0.870. The summed E-state index contributed by atoms with van der Waals surface area (Å²) in [6.07, 6.45) is 3.00. The fraction of sp³-hybridized carbons (Fsp3) is 0.529. The molecule has 1 aliphatic heterocycles. The maximum absolute atomic E-state index is 12.6. The van der Waals surface area contributed by atoms with E-state index in [0.29, 0.717) is 17.2 Å². The molecule has 1 atom stereocenters. The monoisotopic (exact) mass is 301 g/mol. The van der Waals surface area contributed by atoms with Gasteiger partial charge in [0.05, 0.1) is 0 Å². The lowest BCUT2D eigenvalue weighted by Gasteiger charge is -2.17. The molecule has 118 valence electrons. The fourth-order valence-corrected chi connectivity index (χ4v) is 2.97. The third kappa shape index (κ3) is 3.47. The average Bonchev–Trinajstić information content (AvgIpc) is 3.27. The van der Waals surface area contributed by atoms with Gasteiger partial charge < -0.3 is 15.5 Å². The van der Waals surface area contributed by atoms with E-state index in [-0.39, 0.29) is 17.7 Å². The summed E-state index contributed by atoms with van der Waals surface area (Å²) in [4.78, 5) is 26.3. The molecule has 3 rings (SSSR count). The Hall–Kier alpha value is -1.88. The van der Waals surface area contributed by atoms with Crippen LogP contribution in [0.3, 0.4) is 0 Å². The van der Waals surface area contributed by atoms with E-state index in [1.165, 1.54) is 0 Å². The second kappa shape index (κ2) is 6.48. The van der Waals surface area contributed by atoms with E-state index in [1.54, 1.807) is 6.07 Å². The lowest BCUT2D eigenvalue weighted by molar-refractivity contribution is -0.117. The highest BCUT2D eigenvalue weighted by molar-refractivity contribution is 5.98. The number of hydrogen-bond acceptors (Lipinski definition) is 3. The van der Waals surface area contributed by atoms with E-state index in [4.69, 9.17) is 0 Å². The number of hydrogen-bond donors (Lipinski definition) is 2. The molecule has 0 bridgehead atoms. The SMILES string of the molecule is CNCC1CCN(C(=O)c2cccc(NC(=O)C3CC3)c2)C1. The summed E-state index contributed by atoms with van der Waals surface area (Å²) in [6.45, 7) is 2.56. The molecule has 1 aliphatic carbocycles. The minimum atomic E-state index is 0.0566. The van der Waals surface area contributed by atoms with Crippen molar-refractivity contribution < 1.29 is 9.59 Å². The van der Waals surface area contributed by atoms with Crippen molar-refractivity contribution in [3.63, 3.8) is 0 Å². The first-order valence-corrected chi connectivity index (χ1v) is 8.02. The van der Waals surface area contributed by atoms with Gasteiger partial charge in [-0.3, -0.25) is 9.59 Å². The highest BCUT2D eigenvalue weighted by atomic mass is 16.2. The summed E-state index contributed by atoms with van der Waals surface area (Å²) in [5.74, 6) is 0.827. The Morgan fingerprint density at radius 1 is 1.27 bits per heavy atom. The largest absolute Gasteiger partial charge is 0.338 e. The fourth-order valence-electron chi connectivity index (χ4n) is 2.97. The van der Waals surface area contributed by atoms with Gasteiger partial charge in [-0.15, -0.1) is 0 Å². The standard InChI is InChI=1S/C17H23N3O2/c1-18-10-12-7-8-20(11-12)17(22)14-3-2-4-15(9-14)19-16(21)13-5-6-13/h2-4,9,12-13,18H,5-8,10-11H2,1H3,(H,19,21). The van der Waals surface area contributed by atoms with Crippen molar-refractivity contribution in [2.45, 2.75) is 19.3 Å². The maximum atomic E-state index is 12.6. The minimum absolute atomic E-state index is 0.0566. The van der Waals surface area contributed by atoms with Crippen LogP contribution in [0.4, 0.5) is 5.69 Å². The lowest BCUT2D eigenvalue weighted by atomic mass is 10.1. The summed E-state index contributed by atoms with van der Waals surface area (Å²) in [5, 5.41) is 6.07. The summed E-state index contributed by atoms with van der Waals surface area (Å²) < 4.78 is 0. The van der Waals surface area contributed by atoms with Crippen LogP contribution in [-0.2, 0) is 4.79 Å². The van der Waals surface area contributed by atoms with E-state index in [2.05, 4.69) is 10.6 Å². The first kappa shape index (κ1) is 15.0. The molecule has 5 heteroatoms. The number of carbonyl (C=O) groups is 2. The zero-order valence-corrected chi connectivity index (χ0v) is 13.0. The van der Waals surface area contributed by atoms with Crippen LogP contribution >= 0.6 is 0 Å². The number of benzene rings is 1. The highest BCUT2D eigenvalue weighted by Crippen LogP contribution is 2.30. The minimum Gasteiger partial charge on any atom is -0.338 e. The van der Waals surface area contributed by atoms with Crippen molar-refractivity contribution in [2.75, 3.05) is 32.0 Å². The molecule has 2 fully saturated rings. The van der Waals surface area contributed by atoms with Gasteiger partial charge in [-0.1, -0.05) is 6.07 Å². The molecule has 5 nitrogen and oxygen atoms in total. The van der Waals surface area contributed by atoms with Gasteiger partial charge in [0.1, 0.15) is 0 Å². The summed E-state index contributed by atoms with van der Waals surface area (Å²) >= 11 is 0. The number of nitrogens with zero attached hydrogens (tertiary/aromatic N) is 1. The molecule has 0 radical (unpaired) electrons. The number of anilines is 1. The molecule has 2 N–H and O–H groups in total. The van der Waals surface area contributed by atoms with Crippen LogP contribution in [0.5, 0.6) is 0 Å². The van der Waals surface area contributed by atoms with E-state index in [9.17, 15) is 9.59 Å². The maximum Gasteiger partial charge on any atom is 0.253 e. The third-order valence-electron chi connectivity index (χ3n) is 4.39. The number of rotatable bonds is 5. The molecule has 1 heterocycles. The van der Waals surface area contributed by atoms with E-state index >= 15 is 0 Å². The van der Waals surface area contributed by atoms with E-state index < -0.39 is 0 Å². The van der Waals surface area contributed by atoms with Crippen LogP contribution in [0.15, 0.2) is 24.3 Å². The molecule has 22 heavy (non-hydrogen) atoms. The average molecular weight is 301 g/mol. The van der Waals surface area contributed by atoms with Crippen molar-refractivity contribution in [3.05, 3.63) is 29.8 Å². The number of carbonyl (C=O) groups excluding carboxylic acids is 2. The van der Waals surface area contributed by atoms with Crippen molar-refractivity contribution in [2.24, 2.45) is 11.8 Å². The molecule has 0 spiro atoms. The van der Waals surface area contributed by atoms with Crippen LogP contribution < -0.4 is 10.6 Å². The van der Waals surface area contributed by atoms with Gasteiger partial charge in [-0.25, -0.2) is 0 Å². The van der Waals surface area contributed by atoms with Crippen LogP contribution in [-0.4, -0.2) is 43.4 Å². The Morgan fingerprint density at radius 3 is 2.82 bits per heavy atom. The Kier molecular flexibility index (Phi) is 4.43. The predicted molar refractivity (Wildman–Crippen MR) is 85.7 cm³/mol. The van der Waals surface area contributed by atoms with Gasteiger partial charge in [-0.05, 0) is 57.0 Å². The first-order valence-electron chi connectivity index (χ1n) is 8.02. The molecule has 2 amide bonds. The van der Waals surface area contributed by atoms with E-state index in [1.807, 2.05) is 30.1 Å². The molecule has 0 aromatic heterocycles. The molecule has 2 aliphatic rings. The number of likely N-dealkylation sites (tertiary alicyclic amines) is 1. The molecule has 1 saturated heterocycles. The van der Waals surface area contributed by atoms with Crippen LogP contribution in [0.25, 0.3) is 0 Å². The molecular weight excluding hydrogens is 278 g/mol. The topological polar surface area (TPSA) is 61.4 Å². The van der Waals surface area contributed by atoms with Gasteiger partial charge in [0.15, 0.2) is 0 Å². The third-order valence-corrected chi connectivity index (χ3v) is 4.39. The normalized spacial score (nSPS) is 21.0. The summed E-state index contributed by atoms with van der Waals surface area (Å²) in [7, 11) is 1.94. The molecule has 1 aromatic rings. The molecule has 1 aromatic carbocycles. The second-order valence-electron chi connectivity index (χ2n) is 6.31. The number of nitrogens with one attached hydrogen (secondary N) is 2. The van der Waals surface area contributed by atoms with Crippen LogP contribution in [0, 0.1) is 11.8 Å². The van der Waals surface area contributed by atoms with Crippen molar-refractivity contribution >= 4 is 17.5 Å². The Bertz CT molecular complexity index is 569. The van der Waals surface area contributed by atoms with Gasteiger partial charge >= 0.3 is 0 Å². The Morgan fingerprint density at radius 2 is 2.09 bits per heavy atom. The molecule has 1 saturated carbocycles. The summed E-state index contributed by atoms with van der Waals surface area (Å²) in [6, 6.07) is 7.27. The zero-order chi connectivity index (χ0) is 15.5. The smallest absolute Gasteiger partial charge is 0.253 e. The predicted octanol–water partition coefficient (Wildman–Crippen LogP) is 1.72. The van der Waals surface area contributed by atoms with E-state index in [0.717, 1.165) is 38.9 Å². The van der Waals surface area contributed by atoms with Crippen LogP contribution in [0.1, 0.15) is 29.6 Å². The lowest BCUT2D eigenvalue weighted by Crippen LogP contribution is -2.30. The second-order valence-corrected chi connectivity index (χ2v) is 6.31. The van der Waals surface area contributed by atoms with Gasteiger partial charge in [0, 0.05) is 30.3 Å². The Balaban J connectivity index is 1.63. The molecular formula is C17H23N3O2. The van der Waals surface area contributed by atoms with Crippen molar-refractivity contribution in [3.8, 4) is 0 Å². The highest BCUT2D eigenvalue weighted by Gasteiger charge is 2.30. The zero-order valence-electron chi connectivity index (χ0n) is 13.0. The van der Waals surface area contributed by atoms with Gasteiger partial charge in [0.2, 0.25) is 5.91 Å². The van der Waals surface area contributed by atoms with Crippen LogP contribution in [0.2, 0.25) is 0 Å². The Labute approximate surface area is 131 Å². The summed E-state index contributed by atoms with van der Waals surface area (Å²) in [5.41, 5.74) is 1.37. The number of amides is 2. The first-order chi connectivity index (χ1) is 10.7. The molecule has 1 unspecified atom stereocenters. The van der Waals surface area contributed by atoms with Crippen molar-refractivity contribution in [1.82, 2.24) is 10.2 Å². The van der Waals surface area contributed by atoms with Gasteiger partial charge in [0.25, 0.3) is 5.91 Å². The van der Waals surface area contributed by atoms with Gasteiger partial charge in [-0.2, -0.15) is 0 Å².